The number of aliphatic hydroxyl groups excluding tert-OH is 1. The maximum atomic E-state index is 11.3. The van der Waals surface area contributed by atoms with Gasteiger partial charge in [-0.1, -0.05) is 20.3 Å². The van der Waals surface area contributed by atoms with Crippen molar-refractivity contribution < 1.29 is 9.90 Å². The Labute approximate surface area is 105 Å². The van der Waals surface area contributed by atoms with Gasteiger partial charge in [0, 0.05) is 13.0 Å². The highest BCUT2D eigenvalue weighted by molar-refractivity contribution is 5.85. The highest BCUT2D eigenvalue weighted by Crippen LogP contribution is 2.05. The van der Waals surface area contributed by atoms with Gasteiger partial charge < -0.3 is 15.7 Å². The summed E-state index contributed by atoms with van der Waals surface area (Å²) in [6, 6.07) is 0. The number of carbonyl (C=O) groups excluding carboxylic acids is 1. The number of rotatable bonds is 8. The van der Waals surface area contributed by atoms with Crippen molar-refractivity contribution in [3.8, 4) is 0 Å². The molecule has 0 fully saturated rings. The van der Waals surface area contributed by atoms with Crippen molar-refractivity contribution in [1.29, 1.82) is 0 Å². The minimum Gasteiger partial charge on any atom is -0.391 e. The first-order valence-corrected chi connectivity index (χ1v) is 5.71. The number of halogens is 1. The van der Waals surface area contributed by atoms with Gasteiger partial charge in [-0.3, -0.25) is 4.79 Å². The third-order valence-corrected chi connectivity index (χ3v) is 2.64. The average Bonchev–Trinajstić information content (AvgIpc) is 2.25. The summed E-state index contributed by atoms with van der Waals surface area (Å²) < 4.78 is 0. The van der Waals surface area contributed by atoms with E-state index in [0.717, 1.165) is 19.4 Å². The Kier molecular flexibility index (Phi) is 12.6. The van der Waals surface area contributed by atoms with Gasteiger partial charge >= 0.3 is 0 Å². The molecule has 5 heteroatoms. The Balaban J connectivity index is 0. The highest BCUT2D eigenvalue weighted by atomic mass is 35.5. The predicted molar refractivity (Wildman–Crippen MR) is 68.9 cm³/mol. The summed E-state index contributed by atoms with van der Waals surface area (Å²) in [7, 11) is 1.87. The second-order valence-electron chi connectivity index (χ2n) is 3.96. The molecular formula is C11H25ClN2O2. The van der Waals surface area contributed by atoms with E-state index in [1.807, 2.05) is 20.9 Å². The number of carbonyl (C=O) groups is 1. The zero-order valence-electron chi connectivity index (χ0n) is 10.5. The van der Waals surface area contributed by atoms with Crippen molar-refractivity contribution in [1.82, 2.24) is 10.6 Å². The summed E-state index contributed by atoms with van der Waals surface area (Å²) in [5.41, 5.74) is 0. The number of aliphatic hydroxyl groups is 1. The standard InChI is InChI=1S/C11H24N2O2.ClH/c1-4-9(2)10(14)8-13-11(15)6-5-7-12-3;/h9-10,12,14H,4-8H2,1-3H3,(H,13,15);1H. The van der Waals surface area contributed by atoms with Crippen LogP contribution >= 0.6 is 12.4 Å². The first kappa shape index (κ1) is 18.1. The van der Waals surface area contributed by atoms with Gasteiger partial charge in [-0.15, -0.1) is 12.4 Å². The molecule has 0 saturated heterocycles. The number of hydrogen-bond donors (Lipinski definition) is 3. The minimum atomic E-state index is -0.428. The lowest BCUT2D eigenvalue weighted by molar-refractivity contribution is -0.121. The molecule has 98 valence electrons. The van der Waals surface area contributed by atoms with E-state index in [-0.39, 0.29) is 24.2 Å². The van der Waals surface area contributed by atoms with Gasteiger partial charge in [0.1, 0.15) is 0 Å². The molecule has 0 aromatic carbocycles. The molecule has 0 aliphatic heterocycles. The first-order chi connectivity index (χ1) is 7.11. The van der Waals surface area contributed by atoms with Gasteiger partial charge in [0.15, 0.2) is 0 Å². The molecule has 0 aromatic heterocycles. The molecule has 0 saturated carbocycles. The lowest BCUT2D eigenvalue weighted by Gasteiger charge is -2.17. The summed E-state index contributed by atoms with van der Waals surface area (Å²) in [6.07, 6.45) is 1.86. The van der Waals surface area contributed by atoms with Crippen molar-refractivity contribution in [3.05, 3.63) is 0 Å². The van der Waals surface area contributed by atoms with E-state index in [4.69, 9.17) is 0 Å². The normalized spacial score (nSPS) is 13.8. The summed E-state index contributed by atoms with van der Waals surface area (Å²) in [5, 5.41) is 15.3. The van der Waals surface area contributed by atoms with E-state index >= 15 is 0 Å². The van der Waals surface area contributed by atoms with Crippen LogP contribution in [0.4, 0.5) is 0 Å². The fourth-order valence-electron chi connectivity index (χ4n) is 1.21. The number of amides is 1. The highest BCUT2D eigenvalue weighted by Gasteiger charge is 2.12. The van der Waals surface area contributed by atoms with Crippen molar-refractivity contribution >= 4 is 18.3 Å². The van der Waals surface area contributed by atoms with E-state index < -0.39 is 6.10 Å². The fourth-order valence-corrected chi connectivity index (χ4v) is 1.21. The molecule has 1 amide bonds. The van der Waals surface area contributed by atoms with Crippen molar-refractivity contribution in [3.63, 3.8) is 0 Å². The lowest BCUT2D eigenvalue weighted by atomic mass is 10.0. The molecule has 2 unspecified atom stereocenters. The third-order valence-electron chi connectivity index (χ3n) is 2.64. The van der Waals surface area contributed by atoms with Crippen LogP contribution in [-0.4, -0.2) is 37.3 Å². The first-order valence-electron chi connectivity index (χ1n) is 5.71. The third kappa shape index (κ3) is 8.95. The van der Waals surface area contributed by atoms with Gasteiger partial charge in [0.2, 0.25) is 5.91 Å². The van der Waals surface area contributed by atoms with Crippen LogP contribution in [-0.2, 0) is 4.79 Å². The van der Waals surface area contributed by atoms with Crippen LogP contribution in [0.25, 0.3) is 0 Å². The molecular weight excluding hydrogens is 228 g/mol. The Morgan fingerprint density at radius 1 is 1.44 bits per heavy atom. The zero-order chi connectivity index (χ0) is 11.7. The monoisotopic (exact) mass is 252 g/mol. The van der Waals surface area contributed by atoms with Crippen molar-refractivity contribution in [2.75, 3.05) is 20.1 Å². The van der Waals surface area contributed by atoms with Crippen LogP contribution in [0.1, 0.15) is 33.1 Å². The molecule has 0 aliphatic rings. The van der Waals surface area contributed by atoms with Crippen LogP contribution in [0.5, 0.6) is 0 Å². The van der Waals surface area contributed by atoms with Crippen molar-refractivity contribution in [2.45, 2.75) is 39.2 Å². The molecule has 4 nitrogen and oxygen atoms in total. The molecule has 0 rings (SSSR count). The SMILES string of the molecule is CCC(C)C(O)CNC(=O)CCCNC.Cl. The summed E-state index contributed by atoms with van der Waals surface area (Å²) >= 11 is 0. The second kappa shape index (κ2) is 11.2. The average molecular weight is 253 g/mol. The van der Waals surface area contributed by atoms with Gasteiger partial charge in [0.25, 0.3) is 0 Å². The topological polar surface area (TPSA) is 61.4 Å². The van der Waals surface area contributed by atoms with Gasteiger partial charge in [0.05, 0.1) is 6.10 Å². The molecule has 3 N–H and O–H groups in total. The van der Waals surface area contributed by atoms with Gasteiger partial charge in [-0.25, -0.2) is 0 Å². The molecule has 0 aromatic rings. The van der Waals surface area contributed by atoms with E-state index in [1.165, 1.54) is 0 Å². The molecule has 16 heavy (non-hydrogen) atoms. The van der Waals surface area contributed by atoms with Crippen LogP contribution in [0.2, 0.25) is 0 Å². The van der Waals surface area contributed by atoms with Crippen molar-refractivity contribution in [2.24, 2.45) is 5.92 Å². The predicted octanol–water partition coefficient (Wildman–Crippen LogP) is 0.931. The number of hydrogen-bond acceptors (Lipinski definition) is 3. The van der Waals surface area contributed by atoms with Gasteiger partial charge in [-0.2, -0.15) is 0 Å². The Bertz CT molecular complexity index is 179. The maximum absolute atomic E-state index is 11.3. The van der Waals surface area contributed by atoms with E-state index in [2.05, 4.69) is 10.6 Å². The summed E-state index contributed by atoms with van der Waals surface area (Å²) in [6.45, 7) is 5.23. The molecule has 2 atom stereocenters. The minimum absolute atomic E-state index is 0. The van der Waals surface area contributed by atoms with E-state index in [1.54, 1.807) is 0 Å². The maximum Gasteiger partial charge on any atom is 0.220 e. The van der Waals surface area contributed by atoms with Crippen LogP contribution in [0, 0.1) is 5.92 Å². The van der Waals surface area contributed by atoms with Crippen LogP contribution < -0.4 is 10.6 Å². The quantitative estimate of drug-likeness (QED) is 0.564. The second-order valence-corrected chi connectivity index (χ2v) is 3.96. The fraction of sp³-hybridized carbons (Fsp3) is 0.909. The molecule has 0 aliphatic carbocycles. The number of nitrogens with one attached hydrogen (secondary N) is 2. The van der Waals surface area contributed by atoms with Crippen LogP contribution in [0.15, 0.2) is 0 Å². The van der Waals surface area contributed by atoms with Crippen LogP contribution in [0.3, 0.4) is 0 Å². The molecule has 0 radical (unpaired) electrons. The Hall–Kier alpha value is -0.320. The molecule has 0 heterocycles. The lowest BCUT2D eigenvalue weighted by Crippen LogP contribution is -2.35. The zero-order valence-corrected chi connectivity index (χ0v) is 11.3. The smallest absolute Gasteiger partial charge is 0.220 e. The largest absolute Gasteiger partial charge is 0.391 e. The molecule has 0 spiro atoms. The van der Waals surface area contributed by atoms with E-state index in [0.29, 0.717) is 13.0 Å². The molecule has 0 bridgehead atoms. The van der Waals surface area contributed by atoms with E-state index in [9.17, 15) is 9.90 Å². The van der Waals surface area contributed by atoms with Gasteiger partial charge in [-0.05, 0) is 25.9 Å². The Morgan fingerprint density at radius 3 is 2.56 bits per heavy atom. The summed E-state index contributed by atoms with van der Waals surface area (Å²) in [5.74, 6) is 0.259. The summed E-state index contributed by atoms with van der Waals surface area (Å²) in [4.78, 5) is 11.3. The Morgan fingerprint density at radius 2 is 2.06 bits per heavy atom.